The molecule has 2 aromatic carbocycles. The van der Waals surface area contributed by atoms with Gasteiger partial charge in [0.1, 0.15) is 11.6 Å². The number of aryl methyl sites for hydroxylation is 1. The minimum absolute atomic E-state index is 0.253. The molecule has 1 heterocycles. The lowest BCUT2D eigenvalue weighted by Crippen LogP contribution is -2.23. The average molecular weight is 430 g/mol. The van der Waals surface area contributed by atoms with Gasteiger partial charge < -0.3 is 9.64 Å². The first kappa shape index (κ1) is 23.3. The van der Waals surface area contributed by atoms with E-state index < -0.39 is 0 Å². The van der Waals surface area contributed by atoms with Gasteiger partial charge in [0.25, 0.3) is 0 Å². The van der Waals surface area contributed by atoms with Gasteiger partial charge in [-0.1, -0.05) is 62.1 Å². The number of hydrogen-bond donors (Lipinski definition) is 0. The molecule has 0 spiro atoms. The highest BCUT2D eigenvalue weighted by Gasteiger charge is 2.26. The van der Waals surface area contributed by atoms with Crippen molar-refractivity contribution in [3.05, 3.63) is 113 Å². The number of rotatable bonds is 5. The molecule has 0 aromatic heterocycles. The topological polar surface area (TPSA) is 12.5 Å². The molecule has 2 aliphatic rings. The number of benzene rings is 2. The number of anilines is 1. The minimum atomic E-state index is -0.253. The van der Waals surface area contributed by atoms with Crippen molar-refractivity contribution in [2.24, 2.45) is 0 Å². The standard InChI is InChI=1S/C22H22FNO.C7H10/c1-14(2)19-13-24(12-17-7-9-18(25-5)10-8-17)22-15(3)6-11-20(23)21(22)16(19)4;1-2-7-5-3-4-6-7/h6-11,13H,1,4,12H2,2-3,5H3;3-5H,2,6H2,1H3. The van der Waals surface area contributed by atoms with Gasteiger partial charge in [-0.15, -0.1) is 0 Å². The quantitative estimate of drug-likeness (QED) is 0.479. The van der Waals surface area contributed by atoms with Crippen molar-refractivity contribution < 1.29 is 9.13 Å². The number of hydrogen-bond acceptors (Lipinski definition) is 2. The van der Waals surface area contributed by atoms with E-state index in [-0.39, 0.29) is 5.82 Å². The van der Waals surface area contributed by atoms with Crippen molar-refractivity contribution in [1.29, 1.82) is 0 Å². The Kier molecular flexibility index (Phi) is 7.53. The van der Waals surface area contributed by atoms with E-state index in [0.29, 0.717) is 17.7 Å². The molecule has 0 unspecified atom stereocenters. The summed E-state index contributed by atoms with van der Waals surface area (Å²) in [5, 5.41) is 0. The zero-order chi connectivity index (χ0) is 23.3. The predicted molar refractivity (Wildman–Crippen MR) is 134 cm³/mol. The molecule has 0 saturated heterocycles. The molecule has 0 fully saturated rings. The molecular weight excluding hydrogens is 397 g/mol. The van der Waals surface area contributed by atoms with Crippen LogP contribution in [0.5, 0.6) is 5.75 Å². The molecule has 1 aliphatic heterocycles. The summed E-state index contributed by atoms with van der Waals surface area (Å²) in [6.45, 7) is 14.9. The Morgan fingerprint density at radius 2 is 1.88 bits per heavy atom. The summed E-state index contributed by atoms with van der Waals surface area (Å²) in [7, 11) is 1.65. The summed E-state index contributed by atoms with van der Waals surface area (Å²) in [5.41, 5.74) is 7.56. The molecule has 2 aromatic rings. The third-order valence-electron chi connectivity index (χ3n) is 5.80. The van der Waals surface area contributed by atoms with Crippen molar-refractivity contribution in [2.75, 3.05) is 12.0 Å². The summed E-state index contributed by atoms with van der Waals surface area (Å²) in [4.78, 5) is 2.08. The van der Waals surface area contributed by atoms with E-state index in [1.54, 1.807) is 12.7 Å². The molecule has 3 heteroatoms. The normalized spacial score (nSPS) is 14.3. The monoisotopic (exact) mass is 429 g/mol. The number of allylic oxidation sites excluding steroid dienone is 7. The molecule has 0 atom stereocenters. The summed E-state index contributed by atoms with van der Waals surface area (Å²) in [6.07, 6.45) is 10.9. The third kappa shape index (κ3) is 5.11. The third-order valence-corrected chi connectivity index (χ3v) is 5.80. The van der Waals surface area contributed by atoms with Crippen LogP contribution >= 0.6 is 0 Å². The summed E-state index contributed by atoms with van der Waals surface area (Å²) >= 11 is 0. The molecule has 1 aliphatic carbocycles. The molecule has 32 heavy (non-hydrogen) atoms. The maximum atomic E-state index is 14.6. The second-order valence-corrected chi connectivity index (χ2v) is 8.18. The fraction of sp³-hybridized carbons (Fsp3) is 0.241. The second kappa shape index (κ2) is 10.3. The Morgan fingerprint density at radius 1 is 1.16 bits per heavy atom. The van der Waals surface area contributed by atoms with Crippen LogP contribution in [0.4, 0.5) is 10.1 Å². The van der Waals surface area contributed by atoms with Crippen molar-refractivity contribution >= 4 is 11.3 Å². The van der Waals surface area contributed by atoms with Crippen molar-refractivity contribution in [3.63, 3.8) is 0 Å². The van der Waals surface area contributed by atoms with Gasteiger partial charge in [-0.25, -0.2) is 4.39 Å². The fourth-order valence-electron chi connectivity index (χ4n) is 3.93. The first-order chi connectivity index (χ1) is 15.3. The van der Waals surface area contributed by atoms with Gasteiger partial charge in [0, 0.05) is 23.9 Å². The van der Waals surface area contributed by atoms with E-state index >= 15 is 0 Å². The van der Waals surface area contributed by atoms with Crippen LogP contribution in [0.25, 0.3) is 5.57 Å². The van der Waals surface area contributed by atoms with Crippen LogP contribution in [0, 0.1) is 12.7 Å². The average Bonchev–Trinajstić information content (AvgIpc) is 3.32. The maximum absolute atomic E-state index is 14.6. The van der Waals surface area contributed by atoms with Gasteiger partial charge in [0.05, 0.1) is 12.8 Å². The lowest BCUT2D eigenvalue weighted by molar-refractivity contribution is 0.414. The molecule has 166 valence electrons. The Balaban J connectivity index is 0.000000352. The highest BCUT2D eigenvalue weighted by molar-refractivity contribution is 5.92. The predicted octanol–water partition coefficient (Wildman–Crippen LogP) is 7.92. The van der Waals surface area contributed by atoms with Crippen LogP contribution in [-0.4, -0.2) is 7.11 Å². The fourth-order valence-corrected chi connectivity index (χ4v) is 3.93. The summed E-state index contributed by atoms with van der Waals surface area (Å²) < 4.78 is 19.8. The number of fused-ring (bicyclic) bond motifs is 1. The van der Waals surface area contributed by atoms with Crippen LogP contribution in [0.15, 0.2) is 90.7 Å². The summed E-state index contributed by atoms with van der Waals surface area (Å²) in [6, 6.07) is 11.2. The van der Waals surface area contributed by atoms with Gasteiger partial charge in [0.2, 0.25) is 0 Å². The molecule has 2 nitrogen and oxygen atoms in total. The zero-order valence-electron chi connectivity index (χ0n) is 19.5. The first-order valence-electron chi connectivity index (χ1n) is 11.0. The SMILES string of the molecule is C=C(C)C1=CN(Cc2ccc(OC)cc2)c2c(C)ccc(F)c2C1=C.CCC1=CC=CC1. The van der Waals surface area contributed by atoms with Crippen LogP contribution in [-0.2, 0) is 6.54 Å². The van der Waals surface area contributed by atoms with E-state index in [2.05, 4.69) is 43.2 Å². The Bertz CT molecular complexity index is 1100. The Hall–Kier alpha value is -3.33. The van der Waals surface area contributed by atoms with Gasteiger partial charge >= 0.3 is 0 Å². The van der Waals surface area contributed by atoms with E-state index in [1.807, 2.05) is 50.4 Å². The Labute approximate surface area is 191 Å². The van der Waals surface area contributed by atoms with E-state index in [9.17, 15) is 4.39 Å². The lowest BCUT2D eigenvalue weighted by Gasteiger charge is -2.33. The van der Waals surface area contributed by atoms with Gasteiger partial charge in [-0.3, -0.25) is 0 Å². The number of halogens is 1. The van der Waals surface area contributed by atoms with Crippen LogP contribution in [0.2, 0.25) is 0 Å². The van der Waals surface area contributed by atoms with Crippen LogP contribution in [0.3, 0.4) is 0 Å². The number of methoxy groups -OCH3 is 1. The first-order valence-corrected chi connectivity index (χ1v) is 11.0. The van der Waals surface area contributed by atoms with Gasteiger partial charge in [0.15, 0.2) is 0 Å². The number of nitrogens with zero attached hydrogens (tertiary/aromatic N) is 1. The highest BCUT2D eigenvalue weighted by Crippen LogP contribution is 2.42. The molecule has 4 rings (SSSR count). The van der Waals surface area contributed by atoms with E-state index in [1.165, 1.54) is 18.9 Å². The molecular formula is C29H32FNO. The zero-order valence-corrected chi connectivity index (χ0v) is 19.5. The maximum Gasteiger partial charge on any atom is 0.133 e. The smallest absolute Gasteiger partial charge is 0.133 e. The molecule has 0 bridgehead atoms. The van der Waals surface area contributed by atoms with Crippen LogP contribution in [0.1, 0.15) is 43.4 Å². The molecule has 0 N–H and O–H groups in total. The molecule has 0 amide bonds. The lowest BCUT2D eigenvalue weighted by atomic mass is 9.89. The van der Waals surface area contributed by atoms with E-state index in [4.69, 9.17) is 4.74 Å². The largest absolute Gasteiger partial charge is 0.497 e. The van der Waals surface area contributed by atoms with Crippen LogP contribution < -0.4 is 9.64 Å². The summed E-state index contributed by atoms with van der Waals surface area (Å²) in [5.74, 6) is 0.564. The van der Waals surface area contributed by atoms with Crippen molar-refractivity contribution in [3.8, 4) is 5.75 Å². The molecule has 0 radical (unpaired) electrons. The Morgan fingerprint density at radius 3 is 2.41 bits per heavy atom. The van der Waals surface area contributed by atoms with Gasteiger partial charge in [-0.2, -0.15) is 0 Å². The highest BCUT2D eigenvalue weighted by atomic mass is 19.1. The van der Waals surface area contributed by atoms with Crippen molar-refractivity contribution in [2.45, 2.75) is 40.2 Å². The molecule has 0 saturated carbocycles. The number of ether oxygens (including phenoxy) is 1. The second-order valence-electron chi connectivity index (χ2n) is 8.18. The van der Waals surface area contributed by atoms with E-state index in [0.717, 1.165) is 33.7 Å². The van der Waals surface area contributed by atoms with Crippen molar-refractivity contribution in [1.82, 2.24) is 0 Å². The minimum Gasteiger partial charge on any atom is -0.497 e. The van der Waals surface area contributed by atoms with Gasteiger partial charge in [-0.05, 0) is 67.2 Å².